The van der Waals surface area contributed by atoms with Crippen molar-refractivity contribution in [2.45, 2.75) is 120 Å². The molecule has 6 heterocycles. The van der Waals surface area contributed by atoms with Crippen LogP contribution in [0.25, 0.3) is 5.65 Å². The van der Waals surface area contributed by atoms with E-state index in [1.165, 1.54) is 16.9 Å². The Balaban J connectivity index is 0.702. The van der Waals surface area contributed by atoms with Gasteiger partial charge < -0.3 is 30.7 Å². The molecule has 1 unspecified atom stereocenters. The van der Waals surface area contributed by atoms with Crippen LogP contribution in [0, 0.1) is 5.92 Å². The SMILES string of the molecule is O=C1CCC(N2C(=O)c3cccc(NCCCOC4CCN(CC5CCC(n6cc(NC(=O)c7cnn8ccc(N[C@@H]9CCCC[C@@H]9O)nc78)c(C(F)F)n6)CC5)CC4)c3C2=O)C(=O)N1. The van der Waals surface area contributed by atoms with Crippen LogP contribution < -0.4 is 21.3 Å². The summed E-state index contributed by atoms with van der Waals surface area (Å²) in [7, 11) is 0. The summed E-state index contributed by atoms with van der Waals surface area (Å²) in [5.41, 5.74) is 0.867. The lowest BCUT2D eigenvalue weighted by atomic mass is 9.85. The van der Waals surface area contributed by atoms with Crippen LogP contribution >= 0.6 is 0 Å². The number of piperidine rings is 2. The molecular formula is C45H55F2N11O7. The van der Waals surface area contributed by atoms with Crippen molar-refractivity contribution in [2.75, 3.05) is 48.7 Å². The monoisotopic (exact) mass is 899 g/mol. The van der Waals surface area contributed by atoms with E-state index in [4.69, 9.17) is 4.74 Å². The maximum Gasteiger partial charge on any atom is 0.284 e. The minimum Gasteiger partial charge on any atom is -0.391 e. The van der Waals surface area contributed by atoms with E-state index in [-0.39, 0.29) is 59.1 Å². The summed E-state index contributed by atoms with van der Waals surface area (Å²) in [6.45, 7) is 3.84. The second-order valence-electron chi connectivity index (χ2n) is 17.9. The lowest BCUT2D eigenvalue weighted by molar-refractivity contribution is -0.136. The molecule has 4 aromatic rings. The second-order valence-corrected chi connectivity index (χ2v) is 17.9. The number of hydrogen-bond acceptors (Lipinski definition) is 13. The van der Waals surface area contributed by atoms with Gasteiger partial charge in [-0.05, 0) is 88.3 Å². The summed E-state index contributed by atoms with van der Waals surface area (Å²) in [5, 5.41) is 30.3. The van der Waals surface area contributed by atoms with Crippen LogP contribution in [0.3, 0.4) is 0 Å². The Bertz CT molecular complexity index is 2430. The smallest absolute Gasteiger partial charge is 0.284 e. The number of aliphatic hydroxyl groups is 1. The Hall–Kier alpha value is -5.86. The van der Waals surface area contributed by atoms with Crippen molar-refractivity contribution in [2.24, 2.45) is 5.92 Å². The highest BCUT2D eigenvalue weighted by Gasteiger charge is 2.45. The fraction of sp³-hybridized carbons (Fsp3) is 0.556. The molecule has 0 radical (unpaired) electrons. The summed E-state index contributed by atoms with van der Waals surface area (Å²) in [5.74, 6) is -1.80. The van der Waals surface area contributed by atoms with Crippen LogP contribution in [-0.4, -0.2) is 126 Å². The molecule has 65 heavy (non-hydrogen) atoms. The van der Waals surface area contributed by atoms with E-state index in [9.17, 15) is 37.9 Å². The molecule has 3 atom stereocenters. The molecule has 3 aliphatic heterocycles. The highest BCUT2D eigenvalue weighted by Crippen LogP contribution is 2.36. The number of carbonyl (C=O) groups is 5. The minimum atomic E-state index is -2.89. The van der Waals surface area contributed by atoms with E-state index < -0.39 is 53.8 Å². The number of alkyl halides is 2. The van der Waals surface area contributed by atoms with Gasteiger partial charge in [-0.3, -0.25) is 38.9 Å². The van der Waals surface area contributed by atoms with E-state index in [0.717, 1.165) is 82.3 Å². The molecule has 2 aliphatic carbocycles. The molecule has 2 saturated carbocycles. The zero-order chi connectivity index (χ0) is 45.2. The molecule has 9 rings (SSSR count). The zero-order valence-electron chi connectivity index (χ0n) is 36.1. The van der Waals surface area contributed by atoms with Crippen LogP contribution in [0.1, 0.15) is 133 Å². The first-order valence-corrected chi connectivity index (χ1v) is 22.9. The summed E-state index contributed by atoms with van der Waals surface area (Å²) in [6.07, 6.45) is 10.9. The van der Waals surface area contributed by atoms with Crippen molar-refractivity contribution in [3.05, 3.63) is 65.2 Å². The van der Waals surface area contributed by atoms with Gasteiger partial charge >= 0.3 is 0 Å². The van der Waals surface area contributed by atoms with Gasteiger partial charge in [-0.15, -0.1) is 0 Å². The first-order chi connectivity index (χ1) is 31.5. The van der Waals surface area contributed by atoms with Gasteiger partial charge in [-0.25, -0.2) is 18.3 Å². The van der Waals surface area contributed by atoms with Crippen LogP contribution in [0.4, 0.5) is 26.0 Å². The van der Waals surface area contributed by atoms with Crippen molar-refractivity contribution in [3.8, 4) is 0 Å². The Morgan fingerprint density at radius 2 is 1.75 bits per heavy atom. The average molecular weight is 900 g/mol. The number of fused-ring (bicyclic) bond motifs is 2. The Labute approximate surface area is 373 Å². The van der Waals surface area contributed by atoms with Gasteiger partial charge in [0.2, 0.25) is 11.8 Å². The standard InChI is InChI=1S/C45H55F2N11O7/c46-40(47)39-33(51-42(61)30-23-49-56-21-17-36(52-41(30)56)50-31-6-1-2-8-35(31)59)25-57(54-39)27-11-9-26(10-12-27)24-55-19-15-28(16-20-55)65-22-4-18-48-32-7-3-5-29-38(32)45(64)58(44(29)63)34-13-14-37(60)53-43(34)62/h3,5,7,17,21,23,25-28,31,34-35,40,48,59H,1-2,4,6,8-16,18-20,22,24H2,(H,50,52)(H,51,61)(H,53,60,62)/t26?,27?,31-,34?,35+/m1/s1. The largest absolute Gasteiger partial charge is 0.391 e. The highest BCUT2D eigenvalue weighted by atomic mass is 19.3. The number of nitrogens with one attached hydrogen (secondary N) is 4. The van der Waals surface area contributed by atoms with E-state index >= 15 is 0 Å². The lowest BCUT2D eigenvalue weighted by Crippen LogP contribution is -2.54. The predicted octanol–water partition coefficient (Wildman–Crippen LogP) is 4.95. The number of nitrogens with zero attached hydrogens (tertiary/aromatic N) is 7. The molecule has 3 aromatic heterocycles. The molecule has 5 amide bonds. The van der Waals surface area contributed by atoms with Crippen LogP contribution in [0.2, 0.25) is 0 Å². The number of anilines is 3. The van der Waals surface area contributed by atoms with Gasteiger partial charge in [-0.1, -0.05) is 18.9 Å². The van der Waals surface area contributed by atoms with E-state index in [1.54, 1.807) is 35.1 Å². The zero-order valence-corrected chi connectivity index (χ0v) is 36.1. The molecule has 4 fully saturated rings. The lowest BCUT2D eigenvalue weighted by Gasteiger charge is -2.36. The molecule has 0 bridgehead atoms. The predicted molar refractivity (Wildman–Crippen MR) is 233 cm³/mol. The Kier molecular flexibility index (Phi) is 13.2. The van der Waals surface area contributed by atoms with Crippen molar-refractivity contribution >= 4 is 52.4 Å². The maximum atomic E-state index is 14.3. The number of ether oxygens (including phenoxy) is 1. The minimum absolute atomic E-state index is 0.0407. The van der Waals surface area contributed by atoms with Crippen LogP contribution in [-0.2, 0) is 14.3 Å². The van der Waals surface area contributed by atoms with Crippen molar-refractivity contribution < 1.29 is 42.6 Å². The molecule has 5 aliphatic rings. The van der Waals surface area contributed by atoms with Crippen LogP contribution in [0.15, 0.2) is 42.9 Å². The number of rotatable bonds is 15. The molecule has 346 valence electrons. The molecule has 18 nitrogen and oxygen atoms in total. The number of halogens is 2. The number of benzene rings is 1. The number of aliphatic hydroxyl groups excluding tert-OH is 1. The van der Waals surface area contributed by atoms with Gasteiger partial charge in [-0.2, -0.15) is 10.2 Å². The number of hydrogen-bond donors (Lipinski definition) is 5. The van der Waals surface area contributed by atoms with Crippen LogP contribution in [0.5, 0.6) is 0 Å². The molecular weight excluding hydrogens is 845 g/mol. The normalized spacial score (nSPS) is 24.4. The molecule has 5 N–H and O–H groups in total. The fourth-order valence-corrected chi connectivity index (χ4v) is 10.0. The third-order valence-electron chi connectivity index (χ3n) is 13.6. The number of aromatic nitrogens is 5. The maximum absolute atomic E-state index is 14.3. The summed E-state index contributed by atoms with van der Waals surface area (Å²) in [4.78, 5) is 72.1. The second kappa shape index (κ2) is 19.3. The molecule has 2 saturated heterocycles. The summed E-state index contributed by atoms with van der Waals surface area (Å²) >= 11 is 0. The van der Waals surface area contributed by atoms with Crippen molar-refractivity contribution in [3.63, 3.8) is 0 Å². The Morgan fingerprint density at radius 1 is 0.954 bits per heavy atom. The van der Waals surface area contributed by atoms with Gasteiger partial charge in [0.15, 0.2) is 11.3 Å². The topological polar surface area (TPSA) is 217 Å². The fourth-order valence-electron chi connectivity index (χ4n) is 10.0. The molecule has 0 spiro atoms. The summed E-state index contributed by atoms with van der Waals surface area (Å²) < 4.78 is 37.8. The average Bonchev–Trinajstić information content (AvgIpc) is 3.99. The quantitative estimate of drug-likeness (QED) is 0.0790. The molecule has 20 heteroatoms. The van der Waals surface area contributed by atoms with Gasteiger partial charge in [0.25, 0.3) is 24.1 Å². The Morgan fingerprint density at radius 3 is 2.52 bits per heavy atom. The number of likely N-dealkylation sites (tertiary alicyclic amines) is 1. The van der Waals surface area contributed by atoms with Gasteiger partial charge in [0.05, 0.1) is 47.3 Å². The number of carbonyl (C=O) groups excluding carboxylic acids is 5. The van der Waals surface area contributed by atoms with E-state index in [1.807, 2.05) is 0 Å². The third-order valence-corrected chi connectivity index (χ3v) is 13.6. The van der Waals surface area contributed by atoms with E-state index in [0.29, 0.717) is 43.4 Å². The number of imide groups is 2. The summed E-state index contributed by atoms with van der Waals surface area (Å²) in [6, 6.07) is 5.50. The van der Waals surface area contributed by atoms with Gasteiger partial charge in [0, 0.05) is 57.3 Å². The van der Waals surface area contributed by atoms with E-state index in [2.05, 4.69) is 41.3 Å². The number of amides is 5. The van der Waals surface area contributed by atoms with Gasteiger partial charge in [0.1, 0.15) is 17.4 Å². The van der Waals surface area contributed by atoms with Crippen molar-refractivity contribution in [1.29, 1.82) is 0 Å². The molecule has 1 aromatic carbocycles. The highest BCUT2D eigenvalue weighted by molar-refractivity contribution is 6.25. The first-order valence-electron chi connectivity index (χ1n) is 22.9. The first kappa shape index (κ1) is 44.3. The van der Waals surface area contributed by atoms with Crippen molar-refractivity contribution in [1.82, 2.24) is 39.5 Å². The third kappa shape index (κ3) is 9.60.